The van der Waals surface area contributed by atoms with Crippen molar-refractivity contribution in [1.29, 1.82) is 0 Å². The Labute approximate surface area is 140 Å². The Balaban J connectivity index is 1.63. The molecule has 24 heavy (non-hydrogen) atoms. The molecule has 0 bridgehead atoms. The van der Waals surface area contributed by atoms with E-state index in [9.17, 15) is 8.78 Å². The molecular formula is C20H19F2NO. The fourth-order valence-corrected chi connectivity index (χ4v) is 2.77. The first-order chi connectivity index (χ1) is 11.7. The van der Waals surface area contributed by atoms with Crippen molar-refractivity contribution in [2.45, 2.75) is 18.9 Å². The normalized spacial score (nSPS) is 12.2. The van der Waals surface area contributed by atoms with Crippen molar-refractivity contribution in [3.63, 3.8) is 0 Å². The summed E-state index contributed by atoms with van der Waals surface area (Å²) in [5, 5.41) is 3.26. The van der Waals surface area contributed by atoms with E-state index in [0.717, 1.165) is 17.7 Å². The lowest BCUT2D eigenvalue weighted by atomic mass is 9.93. The van der Waals surface area contributed by atoms with Crippen LogP contribution in [0.15, 0.2) is 71.3 Å². The molecule has 1 aromatic heterocycles. The first-order valence-corrected chi connectivity index (χ1v) is 7.97. The minimum atomic E-state index is -0.255. The number of rotatable bonds is 7. The van der Waals surface area contributed by atoms with Crippen molar-refractivity contribution in [2.24, 2.45) is 0 Å². The van der Waals surface area contributed by atoms with Gasteiger partial charge in [-0.25, -0.2) is 8.78 Å². The number of furan rings is 1. The van der Waals surface area contributed by atoms with E-state index in [1.54, 1.807) is 30.5 Å². The molecule has 1 N–H and O–H groups in total. The molecule has 0 aliphatic carbocycles. The van der Waals surface area contributed by atoms with E-state index < -0.39 is 0 Å². The molecule has 1 heterocycles. The highest BCUT2D eigenvalue weighted by molar-refractivity contribution is 5.27. The molecule has 124 valence electrons. The number of hydrogen-bond acceptors (Lipinski definition) is 2. The molecule has 2 nitrogen and oxygen atoms in total. The molecule has 0 saturated carbocycles. The maximum atomic E-state index is 13.6. The van der Waals surface area contributed by atoms with Crippen LogP contribution >= 0.6 is 0 Å². The molecule has 0 aliphatic heterocycles. The second kappa shape index (κ2) is 7.88. The van der Waals surface area contributed by atoms with Gasteiger partial charge in [-0.15, -0.1) is 0 Å². The van der Waals surface area contributed by atoms with E-state index in [1.807, 2.05) is 18.2 Å². The second-order valence-corrected chi connectivity index (χ2v) is 5.68. The van der Waals surface area contributed by atoms with Gasteiger partial charge in [-0.1, -0.05) is 30.3 Å². The Morgan fingerprint density at radius 3 is 2.42 bits per heavy atom. The quantitative estimate of drug-likeness (QED) is 0.626. The molecular weight excluding hydrogens is 308 g/mol. The predicted molar refractivity (Wildman–Crippen MR) is 89.7 cm³/mol. The van der Waals surface area contributed by atoms with Crippen molar-refractivity contribution in [3.8, 4) is 0 Å². The van der Waals surface area contributed by atoms with Crippen LogP contribution in [0.2, 0.25) is 0 Å². The monoisotopic (exact) mass is 327 g/mol. The average molecular weight is 327 g/mol. The third kappa shape index (κ3) is 4.09. The van der Waals surface area contributed by atoms with Crippen LogP contribution in [0.4, 0.5) is 8.78 Å². The summed E-state index contributed by atoms with van der Waals surface area (Å²) in [5.74, 6) is 0.420. The minimum absolute atomic E-state index is 0.0359. The first kappa shape index (κ1) is 16.4. The maximum Gasteiger partial charge on any atom is 0.127 e. The Bertz CT molecular complexity index is 754. The summed E-state index contributed by atoms with van der Waals surface area (Å²) in [5.41, 5.74) is 1.65. The summed E-state index contributed by atoms with van der Waals surface area (Å²) in [6, 6.07) is 17.0. The Hall–Kier alpha value is -2.46. The zero-order chi connectivity index (χ0) is 16.8. The highest BCUT2D eigenvalue weighted by atomic mass is 19.1. The van der Waals surface area contributed by atoms with Crippen molar-refractivity contribution < 1.29 is 13.2 Å². The zero-order valence-electron chi connectivity index (χ0n) is 13.2. The van der Waals surface area contributed by atoms with Gasteiger partial charge in [-0.05, 0) is 48.9 Å². The molecule has 0 amide bonds. The van der Waals surface area contributed by atoms with Gasteiger partial charge < -0.3 is 9.73 Å². The summed E-state index contributed by atoms with van der Waals surface area (Å²) >= 11 is 0. The van der Waals surface area contributed by atoms with Gasteiger partial charge in [0.2, 0.25) is 0 Å². The van der Waals surface area contributed by atoms with E-state index in [0.29, 0.717) is 18.7 Å². The molecule has 3 aromatic rings. The Morgan fingerprint density at radius 1 is 0.917 bits per heavy atom. The first-order valence-electron chi connectivity index (χ1n) is 7.97. The van der Waals surface area contributed by atoms with Gasteiger partial charge in [0.05, 0.1) is 6.26 Å². The highest BCUT2D eigenvalue weighted by Gasteiger charge is 2.16. The predicted octanol–water partition coefficient (Wildman–Crippen LogP) is 4.87. The van der Waals surface area contributed by atoms with Crippen LogP contribution in [0.25, 0.3) is 0 Å². The van der Waals surface area contributed by atoms with Gasteiger partial charge in [0.25, 0.3) is 0 Å². The van der Waals surface area contributed by atoms with Crippen LogP contribution < -0.4 is 5.32 Å². The largest absolute Gasteiger partial charge is 0.469 e. The fourth-order valence-electron chi connectivity index (χ4n) is 2.77. The molecule has 1 atom stereocenters. The number of benzene rings is 2. The van der Waals surface area contributed by atoms with Gasteiger partial charge in [0, 0.05) is 18.0 Å². The maximum absolute atomic E-state index is 13.6. The van der Waals surface area contributed by atoms with Crippen molar-refractivity contribution in [1.82, 2.24) is 5.32 Å². The van der Waals surface area contributed by atoms with E-state index in [4.69, 9.17) is 4.42 Å². The van der Waals surface area contributed by atoms with Crippen LogP contribution in [0.1, 0.15) is 29.2 Å². The van der Waals surface area contributed by atoms with Crippen LogP contribution in [0.3, 0.4) is 0 Å². The second-order valence-electron chi connectivity index (χ2n) is 5.68. The molecule has 3 rings (SSSR count). The van der Waals surface area contributed by atoms with E-state index >= 15 is 0 Å². The molecule has 0 spiro atoms. The van der Waals surface area contributed by atoms with Gasteiger partial charge in [0.1, 0.15) is 17.4 Å². The van der Waals surface area contributed by atoms with Crippen molar-refractivity contribution in [3.05, 3.63) is 95.4 Å². The van der Waals surface area contributed by atoms with Gasteiger partial charge in [0.15, 0.2) is 0 Å². The topological polar surface area (TPSA) is 25.2 Å². The van der Waals surface area contributed by atoms with Gasteiger partial charge >= 0.3 is 0 Å². The minimum Gasteiger partial charge on any atom is -0.469 e. The zero-order valence-corrected chi connectivity index (χ0v) is 13.2. The van der Waals surface area contributed by atoms with Gasteiger partial charge in [-0.2, -0.15) is 0 Å². The van der Waals surface area contributed by atoms with Crippen LogP contribution in [-0.4, -0.2) is 6.54 Å². The molecule has 0 fully saturated rings. The molecule has 4 heteroatoms. The molecule has 0 aliphatic rings. The summed E-state index contributed by atoms with van der Waals surface area (Å²) in [4.78, 5) is 0. The number of halogens is 2. The summed E-state index contributed by atoms with van der Waals surface area (Å²) in [7, 11) is 0. The number of hydrogen-bond donors (Lipinski definition) is 1. The van der Waals surface area contributed by atoms with Gasteiger partial charge in [-0.3, -0.25) is 0 Å². The lowest BCUT2D eigenvalue weighted by Crippen LogP contribution is -2.18. The van der Waals surface area contributed by atoms with Crippen molar-refractivity contribution >= 4 is 0 Å². The van der Waals surface area contributed by atoms with Crippen LogP contribution in [0, 0.1) is 11.6 Å². The van der Waals surface area contributed by atoms with E-state index in [-0.39, 0.29) is 17.6 Å². The number of nitrogens with one attached hydrogen (secondary N) is 1. The Kier molecular flexibility index (Phi) is 5.39. The average Bonchev–Trinajstić information content (AvgIpc) is 3.12. The third-order valence-corrected chi connectivity index (χ3v) is 4.04. The SMILES string of the molecule is Fc1ccc([C@@H](CCNCc2ccccc2F)c2ccco2)cc1. The lowest BCUT2D eigenvalue weighted by molar-refractivity contribution is 0.465. The fraction of sp³-hybridized carbons (Fsp3) is 0.200. The third-order valence-electron chi connectivity index (χ3n) is 4.04. The lowest BCUT2D eigenvalue weighted by Gasteiger charge is -2.16. The smallest absolute Gasteiger partial charge is 0.127 e. The van der Waals surface area contributed by atoms with Crippen LogP contribution in [-0.2, 0) is 6.54 Å². The van der Waals surface area contributed by atoms with Crippen molar-refractivity contribution in [2.75, 3.05) is 6.54 Å². The summed E-state index contributed by atoms with van der Waals surface area (Å²) < 4.78 is 32.3. The summed E-state index contributed by atoms with van der Waals surface area (Å²) in [6.07, 6.45) is 2.41. The highest BCUT2D eigenvalue weighted by Crippen LogP contribution is 2.28. The summed E-state index contributed by atoms with van der Waals surface area (Å²) in [6.45, 7) is 1.16. The molecule has 0 saturated heterocycles. The molecule has 2 aromatic carbocycles. The standard InChI is InChI=1S/C20H19F2NO/c21-17-9-7-15(8-10-17)18(20-6-3-13-24-20)11-12-23-14-16-4-1-2-5-19(16)22/h1-10,13,18,23H,11-12,14H2/t18-/m1/s1. The Morgan fingerprint density at radius 2 is 1.71 bits per heavy atom. The van der Waals surface area contributed by atoms with Crippen LogP contribution in [0.5, 0.6) is 0 Å². The van der Waals surface area contributed by atoms with E-state index in [1.165, 1.54) is 18.2 Å². The molecule has 0 unspecified atom stereocenters. The van der Waals surface area contributed by atoms with E-state index in [2.05, 4.69) is 5.32 Å². The molecule has 0 radical (unpaired) electrons.